The number of para-hydroxylation sites is 1. The van der Waals surface area contributed by atoms with Gasteiger partial charge in [-0.3, -0.25) is 9.78 Å². The quantitative estimate of drug-likeness (QED) is 0.784. The zero-order valence-electron chi connectivity index (χ0n) is 10.4. The second kappa shape index (κ2) is 5.78. The fourth-order valence-electron chi connectivity index (χ4n) is 1.81. The summed E-state index contributed by atoms with van der Waals surface area (Å²) in [5.41, 5.74) is 0.836. The molecule has 0 unspecified atom stereocenters. The lowest BCUT2D eigenvalue weighted by molar-refractivity contribution is 0.0974. The van der Waals surface area contributed by atoms with Crippen LogP contribution in [-0.2, 0) is 0 Å². The second-order valence-electron chi connectivity index (χ2n) is 3.88. The Kier molecular flexibility index (Phi) is 3.89. The van der Waals surface area contributed by atoms with Crippen LogP contribution in [-0.4, -0.2) is 17.9 Å². The molecule has 0 fully saturated rings. The third-order valence-corrected chi connectivity index (χ3v) is 2.75. The Hall–Kier alpha value is -2.67. The van der Waals surface area contributed by atoms with E-state index in [9.17, 15) is 10.1 Å². The normalized spacial score (nSPS) is 11.4. The van der Waals surface area contributed by atoms with E-state index in [0.29, 0.717) is 17.0 Å². The Morgan fingerprint density at radius 3 is 2.63 bits per heavy atom. The summed E-state index contributed by atoms with van der Waals surface area (Å²) >= 11 is 0. The molecule has 0 aliphatic carbocycles. The zero-order valence-corrected chi connectivity index (χ0v) is 10.4. The van der Waals surface area contributed by atoms with Crippen molar-refractivity contribution in [2.75, 3.05) is 7.11 Å². The summed E-state index contributed by atoms with van der Waals surface area (Å²) in [6, 6.07) is 14.0. The first-order valence-corrected chi connectivity index (χ1v) is 5.75. The van der Waals surface area contributed by atoms with Gasteiger partial charge in [-0.2, -0.15) is 5.26 Å². The highest BCUT2D eigenvalue weighted by Gasteiger charge is 2.25. The molecule has 1 aromatic carbocycles. The molecule has 0 radical (unpaired) electrons. The van der Waals surface area contributed by atoms with Gasteiger partial charge in [-0.25, -0.2) is 0 Å². The van der Waals surface area contributed by atoms with E-state index in [4.69, 9.17) is 4.74 Å². The lowest BCUT2D eigenvalue weighted by Gasteiger charge is -2.10. The van der Waals surface area contributed by atoms with E-state index in [-0.39, 0.29) is 5.78 Å². The molecule has 0 bridgehead atoms. The molecule has 0 amide bonds. The summed E-state index contributed by atoms with van der Waals surface area (Å²) in [5, 5.41) is 9.22. The Balaban J connectivity index is 2.40. The lowest BCUT2D eigenvalue weighted by atomic mass is 9.95. The summed E-state index contributed by atoms with van der Waals surface area (Å²) in [6.07, 6.45) is 1.56. The van der Waals surface area contributed by atoms with Crippen LogP contribution >= 0.6 is 0 Å². The van der Waals surface area contributed by atoms with Crippen LogP contribution in [0.15, 0.2) is 48.7 Å². The van der Waals surface area contributed by atoms with Gasteiger partial charge in [0.15, 0.2) is 11.7 Å². The molecular weight excluding hydrogens is 240 g/mol. The van der Waals surface area contributed by atoms with Crippen LogP contribution in [0.25, 0.3) is 0 Å². The average Bonchev–Trinajstić information content (AvgIpc) is 2.49. The van der Waals surface area contributed by atoms with Crippen molar-refractivity contribution in [3.8, 4) is 11.8 Å². The van der Waals surface area contributed by atoms with Crippen molar-refractivity contribution in [3.05, 3.63) is 59.9 Å². The van der Waals surface area contributed by atoms with Gasteiger partial charge in [-0.15, -0.1) is 0 Å². The molecule has 0 saturated carbocycles. The highest BCUT2D eigenvalue weighted by atomic mass is 16.5. The van der Waals surface area contributed by atoms with Gasteiger partial charge in [-0.1, -0.05) is 18.2 Å². The SMILES string of the molecule is COc1ccccc1C(=O)[C@H](C#N)c1ccccn1. The molecule has 0 saturated heterocycles. The van der Waals surface area contributed by atoms with Crippen LogP contribution in [0.4, 0.5) is 0 Å². The first-order valence-electron chi connectivity index (χ1n) is 5.75. The van der Waals surface area contributed by atoms with Gasteiger partial charge < -0.3 is 4.74 Å². The van der Waals surface area contributed by atoms with E-state index >= 15 is 0 Å². The minimum atomic E-state index is -0.919. The number of rotatable bonds is 4. The first kappa shape index (κ1) is 12.8. The van der Waals surface area contributed by atoms with Gasteiger partial charge in [0.1, 0.15) is 5.75 Å². The Bertz CT molecular complexity index is 618. The Labute approximate surface area is 111 Å². The zero-order chi connectivity index (χ0) is 13.7. The van der Waals surface area contributed by atoms with Crippen molar-refractivity contribution in [3.63, 3.8) is 0 Å². The fourth-order valence-corrected chi connectivity index (χ4v) is 1.81. The molecular formula is C15H12N2O2. The largest absolute Gasteiger partial charge is 0.496 e. The molecule has 0 aliphatic rings. The van der Waals surface area contributed by atoms with Crippen LogP contribution in [0.5, 0.6) is 5.75 Å². The van der Waals surface area contributed by atoms with Crippen LogP contribution in [0.1, 0.15) is 22.0 Å². The van der Waals surface area contributed by atoms with Crippen LogP contribution in [0, 0.1) is 11.3 Å². The molecule has 0 N–H and O–H groups in total. The van der Waals surface area contributed by atoms with Crippen molar-refractivity contribution < 1.29 is 9.53 Å². The highest BCUT2D eigenvalue weighted by molar-refractivity contribution is 6.04. The standard InChI is InChI=1S/C15H12N2O2/c1-19-14-8-3-2-6-11(14)15(18)12(10-16)13-7-4-5-9-17-13/h2-9,12H,1H3/t12-/m1/s1. The number of hydrogen-bond acceptors (Lipinski definition) is 4. The van der Waals surface area contributed by atoms with E-state index < -0.39 is 5.92 Å². The van der Waals surface area contributed by atoms with Gasteiger partial charge in [0, 0.05) is 6.20 Å². The van der Waals surface area contributed by atoms with Crippen molar-refractivity contribution in [2.24, 2.45) is 0 Å². The maximum atomic E-state index is 12.4. The van der Waals surface area contributed by atoms with Gasteiger partial charge in [0.05, 0.1) is 24.4 Å². The average molecular weight is 252 g/mol. The van der Waals surface area contributed by atoms with Crippen LogP contribution in [0.2, 0.25) is 0 Å². The summed E-state index contributed by atoms with van der Waals surface area (Å²) in [4.78, 5) is 16.5. The number of ether oxygens (including phenoxy) is 1. The van der Waals surface area contributed by atoms with Gasteiger partial charge >= 0.3 is 0 Å². The predicted octanol–water partition coefficient (Wildman–Crippen LogP) is 2.58. The number of benzene rings is 1. The lowest BCUT2D eigenvalue weighted by Crippen LogP contribution is -2.13. The number of nitrogens with zero attached hydrogens (tertiary/aromatic N) is 2. The first-order chi connectivity index (χ1) is 9.27. The molecule has 1 atom stereocenters. The fraction of sp³-hybridized carbons (Fsp3) is 0.133. The number of hydrogen-bond donors (Lipinski definition) is 0. The summed E-state index contributed by atoms with van der Waals surface area (Å²) in [6.45, 7) is 0. The van der Waals surface area contributed by atoms with Gasteiger partial charge in [0.2, 0.25) is 0 Å². The Morgan fingerprint density at radius 1 is 1.26 bits per heavy atom. The molecule has 1 heterocycles. The highest BCUT2D eigenvalue weighted by Crippen LogP contribution is 2.25. The van der Waals surface area contributed by atoms with E-state index in [1.54, 1.807) is 48.7 Å². The van der Waals surface area contributed by atoms with Crippen molar-refractivity contribution >= 4 is 5.78 Å². The number of Topliss-reactive ketones (excluding diaryl/α,β-unsaturated/α-hetero) is 1. The number of methoxy groups -OCH3 is 1. The van der Waals surface area contributed by atoms with Crippen LogP contribution in [0.3, 0.4) is 0 Å². The number of aromatic nitrogens is 1. The molecule has 2 aromatic rings. The van der Waals surface area contributed by atoms with Crippen molar-refractivity contribution in [2.45, 2.75) is 5.92 Å². The number of ketones is 1. The minimum absolute atomic E-state index is 0.307. The van der Waals surface area contributed by atoms with E-state index in [0.717, 1.165) is 0 Å². The topological polar surface area (TPSA) is 63.0 Å². The summed E-state index contributed by atoms with van der Waals surface area (Å²) in [7, 11) is 1.49. The molecule has 94 valence electrons. The predicted molar refractivity (Wildman–Crippen MR) is 69.9 cm³/mol. The number of carbonyl (C=O) groups is 1. The maximum Gasteiger partial charge on any atom is 0.189 e. The summed E-state index contributed by atoms with van der Waals surface area (Å²) < 4.78 is 5.15. The van der Waals surface area contributed by atoms with Gasteiger partial charge in [-0.05, 0) is 24.3 Å². The number of nitriles is 1. The molecule has 0 spiro atoms. The molecule has 0 aliphatic heterocycles. The Morgan fingerprint density at radius 2 is 2.00 bits per heavy atom. The van der Waals surface area contributed by atoms with Gasteiger partial charge in [0.25, 0.3) is 0 Å². The van der Waals surface area contributed by atoms with E-state index in [1.807, 2.05) is 6.07 Å². The minimum Gasteiger partial charge on any atom is -0.496 e. The van der Waals surface area contributed by atoms with Crippen molar-refractivity contribution in [1.82, 2.24) is 4.98 Å². The van der Waals surface area contributed by atoms with Crippen molar-refractivity contribution in [1.29, 1.82) is 5.26 Å². The molecule has 4 heteroatoms. The van der Waals surface area contributed by atoms with E-state index in [2.05, 4.69) is 4.98 Å². The number of carbonyl (C=O) groups excluding carboxylic acids is 1. The smallest absolute Gasteiger partial charge is 0.189 e. The molecule has 2 rings (SSSR count). The molecule has 4 nitrogen and oxygen atoms in total. The second-order valence-corrected chi connectivity index (χ2v) is 3.88. The van der Waals surface area contributed by atoms with Crippen LogP contribution < -0.4 is 4.74 Å². The third-order valence-electron chi connectivity index (χ3n) is 2.75. The molecule has 19 heavy (non-hydrogen) atoms. The third kappa shape index (κ3) is 2.61. The summed E-state index contributed by atoms with van der Waals surface area (Å²) in [5.74, 6) is -0.764. The van der Waals surface area contributed by atoms with E-state index in [1.165, 1.54) is 7.11 Å². The molecule has 1 aromatic heterocycles. The maximum absolute atomic E-state index is 12.4. The number of pyridine rings is 1. The monoisotopic (exact) mass is 252 g/mol.